The van der Waals surface area contributed by atoms with Gasteiger partial charge >= 0.3 is 5.97 Å². The monoisotopic (exact) mass is 474 g/mol. The highest BCUT2D eigenvalue weighted by Crippen LogP contribution is 2.47. The number of carbonyl (C=O) groups excluding carboxylic acids is 4. The lowest BCUT2D eigenvalue weighted by Crippen LogP contribution is -2.56. The first-order chi connectivity index (χ1) is 16.0. The Kier molecular flexibility index (Phi) is 7.88. The van der Waals surface area contributed by atoms with E-state index >= 15 is 0 Å². The molecule has 8 nitrogen and oxygen atoms in total. The third-order valence-corrected chi connectivity index (χ3v) is 7.09. The maximum Gasteiger partial charge on any atom is 0.306 e. The van der Waals surface area contributed by atoms with E-state index in [0.29, 0.717) is 0 Å². The summed E-state index contributed by atoms with van der Waals surface area (Å²) in [5.41, 5.74) is -1.49. The van der Waals surface area contributed by atoms with Gasteiger partial charge in [0, 0.05) is 18.0 Å². The van der Waals surface area contributed by atoms with Crippen molar-refractivity contribution in [2.45, 2.75) is 78.3 Å². The molecule has 0 aromatic rings. The number of esters is 1. The van der Waals surface area contributed by atoms with E-state index < -0.39 is 28.8 Å². The van der Waals surface area contributed by atoms with Gasteiger partial charge in [0.1, 0.15) is 6.04 Å². The minimum absolute atomic E-state index is 0.111. The predicted molar refractivity (Wildman–Crippen MR) is 126 cm³/mol. The summed E-state index contributed by atoms with van der Waals surface area (Å²) in [7, 11) is 1.40. The third-order valence-electron chi connectivity index (χ3n) is 7.09. The molecule has 188 valence electrons. The lowest BCUT2D eigenvalue weighted by molar-refractivity contribution is -0.149. The van der Waals surface area contributed by atoms with Crippen molar-refractivity contribution in [1.82, 2.24) is 10.2 Å². The van der Waals surface area contributed by atoms with Gasteiger partial charge in [0.15, 0.2) is 5.76 Å². The number of rotatable bonds is 7. The number of ketones is 1. The minimum Gasteiger partial charge on any atom is -0.493 e. The second-order valence-corrected chi connectivity index (χ2v) is 10.7. The Labute approximate surface area is 202 Å². The van der Waals surface area contributed by atoms with Gasteiger partial charge in [0.25, 0.3) is 0 Å². The Morgan fingerprint density at radius 3 is 2.47 bits per heavy atom. The third kappa shape index (κ3) is 5.36. The van der Waals surface area contributed by atoms with Gasteiger partial charge in [-0.05, 0) is 37.3 Å². The first-order valence-corrected chi connectivity index (χ1v) is 12.3. The van der Waals surface area contributed by atoms with Crippen molar-refractivity contribution in [2.24, 2.45) is 16.7 Å². The van der Waals surface area contributed by atoms with Crippen molar-refractivity contribution >= 4 is 23.6 Å². The van der Waals surface area contributed by atoms with Gasteiger partial charge < -0.3 is 19.7 Å². The Morgan fingerprint density at radius 2 is 1.88 bits per heavy atom. The summed E-state index contributed by atoms with van der Waals surface area (Å²) in [6, 6.07) is -0.614. The molecule has 2 amide bonds. The molecule has 3 aliphatic rings. The molecule has 0 aromatic heterocycles. The molecule has 0 radical (unpaired) electrons. The van der Waals surface area contributed by atoms with Gasteiger partial charge in [-0.25, -0.2) is 0 Å². The van der Waals surface area contributed by atoms with Gasteiger partial charge in [-0.1, -0.05) is 46.1 Å². The van der Waals surface area contributed by atoms with Gasteiger partial charge in [-0.3, -0.25) is 19.2 Å². The lowest BCUT2D eigenvalue weighted by atomic mass is 9.73. The Balaban J connectivity index is 1.97. The molecular formula is C26H38N2O6. The van der Waals surface area contributed by atoms with Crippen LogP contribution >= 0.6 is 0 Å². The van der Waals surface area contributed by atoms with Crippen LogP contribution in [0.5, 0.6) is 0 Å². The first-order valence-electron chi connectivity index (χ1n) is 12.3. The Morgan fingerprint density at radius 1 is 1.21 bits per heavy atom. The van der Waals surface area contributed by atoms with Crippen LogP contribution in [0.25, 0.3) is 0 Å². The number of methoxy groups -OCH3 is 1. The van der Waals surface area contributed by atoms with Crippen molar-refractivity contribution in [3.63, 3.8) is 0 Å². The van der Waals surface area contributed by atoms with E-state index in [9.17, 15) is 19.2 Å². The quantitative estimate of drug-likeness (QED) is 0.569. The average Bonchev–Trinajstić information content (AvgIpc) is 3.01. The summed E-state index contributed by atoms with van der Waals surface area (Å²) >= 11 is 0. The topological polar surface area (TPSA) is 102 Å². The molecule has 1 N–H and O–H groups in total. The fourth-order valence-corrected chi connectivity index (χ4v) is 5.48. The number of likely N-dealkylation sites (tertiary alicyclic amines) is 1. The standard InChI is InChI=1S/C26H38N2O6/c1-6-34-21(30)14-18-24(32)28(16-26(18)13-12-19(29)20(15-26)33-5)22(25(2,3)4)23(31)27-17-10-8-7-9-11-17/h12-13,15,17-18,22H,6-11,14,16H2,1-5H3,(H,27,31)/t18-,22?,26+/m1/s1. The first kappa shape index (κ1) is 26.0. The Hall–Kier alpha value is -2.64. The van der Waals surface area contributed by atoms with Crippen LogP contribution in [0.2, 0.25) is 0 Å². The molecule has 2 fully saturated rings. The van der Waals surface area contributed by atoms with Gasteiger partial charge in [-0.15, -0.1) is 0 Å². The van der Waals surface area contributed by atoms with E-state index in [1.54, 1.807) is 24.0 Å². The number of ether oxygens (including phenoxy) is 2. The van der Waals surface area contributed by atoms with E-state index in [-0.39, 0.29) is 49.0 Å². The van der Waals surface area contributed by atoms with Crippen LogP contribution in [-0.4, -0.2) is 60.8 Å². The van der Waals surface area contributed by atoms with Gasteiger partial charge in [0.2, 0.25) is 17.6 Å². The smallest absolute Gasteiger partial charge is 0.306 e. The second-order valence-electron chi connectivity index (χ2n) is 10.7. The molecule has 3 atom stereocenters. The lowest BCUT2D eigenvalue weighted by Gasteiger charge is -2.39. The molecule has 0 bridgehead atoms. The number of allylic oxidation sites excluding steroid dienone is 1. The minimum atomic E-state index is -0.947. The zero-order valence-corrected chi connectivity index (χ0v) is 21.0. The normalized spacial score (nSPS) is 26.4. The molecule has 1 aliphatic heterocycles. The fraction of sp³-hybridized carbons (Fsp3) is 0.692. The van der Waals surface area contributed by atoms with E-state index in [0.717, 1.165) is 25.7 Å². The summed E-state index contributed by atoms with van der Waals surface area (Å²) in [6.45, 7) is 7.91. The van der Waals surface area contributed by atoms with Gasteiger partial charge in [-0.2, -0.15) is 0 Å². The second kappa shape index (κ2) is 10.3. The van der Waals surface area contributed by atoms with Crippen LogP contribution in [0.3, 0.4) is 0 Å². The molecule has 0 aromatic carbocycles. The van der Waals surface area contributed by atoms with E-state index in [1.165, 1.54) is 19.6 Å². The molecule has 8 heteroatoms. The van der Waals surface area contributed by atoms with Crippen molar-refractivity contribution in [1.29, 1.82) is 0 Å². The largest absolute Gasteiger partial charge is 0.493 e. The zero-order valence-electron chi connectivity index (χ0n) is 21.0. The van der Waals surface area contributed by atoms with E-state index in [2.05, 4.69) is 5.32 Å². The summed E-state index contributed by atoms with van der Waals surface area (Å²) < 4.78 is 10.4. The summed E-state index contributed by atoms with van der Waals surface area (Å²) in [5.74, 6) is -1.92. The van der Waals surface area contributed by atoms with Crippen LogP contribution in [0.15, 0.2) is 24.0 Å². The number of nitrogens with one attached hydrogen (secondary N) is 1. The van der Waals surface area contributed by atoms with Crippen molar-refractivity contribution in [3.8, 4) is 0 Å². The highest BCUT2D eigenvalue weighted by Gasteiger charge is 2.56. The molecular weight excluding hydrogens is 436 g/mol. The number of hydrogen-bond acceptors (Lipinski definition) is 6. The highest BCUT2D eigenvalue weighted by atomic mass is 16.5. The highest BCUT2D eigenvalue weighted by molar-refractivity contribution is 6.04. The number of amides is 2. The van der Waals surface area contributed by atoms with Crippen LogP contribution in [0.4, 0.5) is 0 Å². The maximum absolute atomic E-state index is 13.8. The maximum atomic E-state index is 13.8. The van der Waals surface area contributed by atoms with Crippen molar-refractivity contribution in [3.05, 3.63) is 24.0 Å². The molecule has 1 saturated heterocycles. The van der Waals surface area contributed by atoms with Crippen LogP contribution in [-0.2, 0) is 28.7 Å². The SMILES string of the molecule is CCOC(=O)C[C@@H]1C(=O)N(C(C(=O)NC2CCCCC2)C(C)(C)C)C[C@@]12C=CC(=O)C(OC)=C2. The van der Waals surface area contributed by atoms with Crippen LogP contribution < -0.4 is 5.32 Å². The number of nitrogens with zero attached hydrogens (tertiary/aromatic N) is 1. The molecule has 1 spiro atoms. The van der Waals surface area contributed by atoms with Crippen molar-refractivity contribution in [2.75, 3.05) is 20.3 Å². The molecule has 34 heavy (non-hydrogen) atoms. The zero-order chi connectivity index (χ0) is 25.1. The van der Waals surface area contributed by atoms with E-state index in [1.807, 2.05) is 20.8 Å². The summed E-state index contributed by atoms with van der Waals surface area (Å²) in [6.07, 6.45) is 9.79. The summed E-state index contributed by atoms with van der Waals surface area (Å²) in [4.78, 5) is 53.7. The predicted octanol–water partition coefficient (Wildman–Crippen LogP) is 2.92. The van der Waals surface area contributed by atoms with E-state index in [4.69, 9.17) is 9.47 Å². The number of carbonyl (C=O) groups is 4. The average molecular weight is 475 g/mol. The Bertz CT molecular complexity index is 880. The summed E-state index contributed by atoms with van der Waals surface area (Å²) in [5, 5.41) is 3.18. The molecule has 2 aliphatic carbocycles. The molecule has 1 heterocycles. The van der Waals surface area contributed by atoms with Crippen LogP contribution in [0, 0.1) is 16.7 Å². The van der Waals surface area contributed by atoms with Crippen molar-refractivity contribution < 1.29 is 28.7 Å². The number of hydrogen-bond donors (Lipinski definition) is 1. The molecule has 3 rings (SSSR count). The molecule has 1 saturated carbocycles. The van der Waals surface area contributed by atoms with Gasteiger partial charge in [0.05, 0.1) is 26.1 Å². The fourth-order valence-electron chi connectivity index (χ4n) is 5.48. The molecule has 1 unspecified atom stereocenters. The van der Waals surface area contributed by atoms with Crippen LogP contribution in [0.1, 0.15) is 66.2 Å².